The van der Waals surface area contributed by atoms with Crippen LogP contribution < -0.4 is 0 Å². The summed E-state index contributed by atoms with van der Waals surface area (Å²) in [5.41, 5.74) is -0.609. The van der Waals surface area contributed by atoms with Gasteiger partial charge >= 0.3 is 0 Å². The number of halogens is 2. The molecule has 3 heterocycles. The molecule has 1 aliphatic rings. The summed E-state index contributed by atoms with van der Waals surface area (Å²) in [7, 11) is 1.68. The molecule has 1 aliphatic heterocycles. The van der Waals surface area contributed by atoms with Crippen molar-refractivity contribution in [3.05, 3.63) is 34.3 Å². The maximum atomic E-state index is 12.6. The molecule has 0 spiro atoms. The Labute approximate surface area is 137 Å². The number of hydrogen-bond acceptors (Lipinski definition) is 4. The van der Waals surface area contributed by atoms with Crippen LogP contribution in [0.3, 0.4) is 0 Å². The quantitative estimate of drug-likeness (QED) is 0.908. The van der Waals surface area contributed by atoms with Crippen LogP contribution in [0.25, 0.3) is 0 Å². The van der Waals surface area contributed by atoms with Crippen molar-refractivity contribution in [2.75, 3.05) is 13.1 Å². The summed E-state index contributed by atoms with van der Waals surface area (Å²) in [6, 6.07) is 1.54. The average molecular weight is 344 g/mol. The van der Waals surface area contributed by atoms with Crippen LogP contribution in [-0.4, -0.2) is 54.2 Å². The number of carbonyl (C=O) groups is 1. The summed E-state index contributed by atoms with van der Waals surface area (Å²) in [4.78, 5) is 14.2. The van der Waals surface area contributed by atoms with E-state index in [2.05, 4.69) is 10.3 Å². The van der Waals surface area contributed by atoms with Gasteiger partial charge < -0.3 is 14.6 Å². The third-order valence-corrected chi connectivity index (χ3v) is 4.73. The topological polar surface area (TPSA) is 76.2 Å². The van der Waals surface area contributed by atoms with E-state index in [-0.39, 0.29) is 12.5 Å². The summed E-state index contributed by atoms with van der Waals surface area (Å²) in [6.07, 6.45) is 3.71. The van der Waals surface area contributed by atoms with E-state index in [4.69, 9.17) is 23.2 Å². The zero-order chi connectivity index (χ0) is 15.9. The van der Waals surface area contributed by atoms with Crippen LogP contribution in [0.4, 0.5) is 0 Å². The van der Waals surface area contributed by atoms with Crippen LogP contribution in [0.1, 0.15) is 16.9 Å². The number of hydrogen-bond donors (Lipinski definition) is 1. The number of likely N-dealkylation sites (tertiary alicyclic amines) is 1. The Balaban J connectivity index is 1.74. The molecule has 2 aromatic heterocycles. The maximum Gasteiger partial charge on any atom is 0.270 e. The van der Waals surface area contributed by atoms with Gasteiger partial charge in [0.1, 0.15) is 16.4 Å². The third-order valence-electron chi connectivity index (χ3n) is 3.88. The van der Waals surface area contributed by atoms with Crippen molar-refractivity contribution in [2.24, 2.45) is 7.05 Å². The Morgan fingerprint density at radius 3 is 2.86 bits per heavy atom. The van der Waals surface area contributed by atoms with Crippen molar-refractivity contribution in [1.82, 2.24) is 24.5 Å². The fourth-order valence-electron chi connectivity index (χ4n) is 2.69. The largest absolute Gasteiger partial charge is 0.386 e. The minimum atomic E-state index is -1.01. The van der Waals surface area contributed by atoms with Crippen LogP contribution in [0.15, 0.2) is 18.5 Å². The molecule has 9 heteroatoms. The second-order valence-corrected chi connectivity index (χ2v) is 6.29. The first-order valence-corrected chi connectivity index (χ1v) is 7.52. The molecular formula is C13H15Cl2N5O2. The Bertz CT molecular complexity index is 700. The minimum absolute atomic E-state index is 0.203. The molecule has 118 valence electrons. The molecule has 2 aromatic rings. The van der Waals surface area contributed by atoms with E-state index >= 15 is 0 Å². The van der Waals surface area contributed by atoms with E-state index < -0.39 is 5.60 Å². The van der Waals surface area contributed by atoms with Gasteiger partial charge in [-0.25, -0.2) is 4.68 Å². The van der Waals surface area contributed by atoms with Crippen molar-refractivity contribution in [3.63, 3.8) is 0 Å². The van der Waals surface area contributed by atoms with Crippen LogP contribution in [0.2, 0.25) is 10.2 Å². The Morgan fingerprint density at radius 1 is 1.50 bits per heavy atom. The number of carbonyl (C=O) groups excluding carboxylic acids is 1. The molecule has 0 aromatic carbocycles. The molecule has 7 nitrogen and oxygen atoms in total. The molecule has 1 N–H and O–H groups in total. The van der Waals surface area contributed by atoms with Crippen molar-refractivity contribution >= 4 is 29.1 Å². The lowest BCUT2D eigenvalue weighted by molar-refractivity contribution is 0.0265. The highest BCUT2D eigenvalue weighted by Crippen LogP contribution is 2.29. The van der Waals surface area contributed by atoms with E-state index in [0.29, 0.717) is 35.4 Å². The normalized spacial score (nSPS) is 21.5. The second kappa shape index (κ2) is 5.57. The predicted octanol–water partition coefficient (Wildman–Crippen LogP) is 1.20. The fraction of sp³-hybridized carbons (Fsp3) is 0.462. The molecule has 1 unspecified atom stereocenters. The van der Waals surface area contributed by atoms with E-state index in [1.807, 2.05) is 0 Å². The standard InChI is InChI=1S/C13H15Cl2N5O2/c1-18-10(6-9(14)11(18)15)12(21)19-4-2-13(22,7-19)8-20-5-3-16-17-20/h3,5-6,22H,2,4,7-8H2,1H3. The van der Waals surface area contributed by atoms with Crippen LogP contribution in [0, 0.1) is 0 Å². The van der Waals surface area contributed by atoms with Gasteiger partial charge in [-0.1, -0.05) is 28.4 Å². The van der Waals surface area contributed by atoms with Gasteiger partial charge in [0.2, 0.25) is 0 Å². The Kier molecular flexibility index (Phi) is 3.88. The van der Waals surface area contributed by atoms with Crippen molar-refractivity contribution < 1.29 is 9.90 Å². The first kappa shape index (κ1) is 15.3. The van der Waals surface area contributed by atoms with Gasteiger partial charge in [0, 0.05) is 19.8 Å². The zero-order valence-corrected chi connectivity index (χ0v) is 13.4. The zero-order valence-electron chi connectivity index (χ0n) is 11.9. The highest BCUT2D eigenvalue weighted by molar-refractivity contribution is 6.41. The molecule has 22 heavy (non-hydrogen) atoms. The van der Waals surface area contributed by atoms with Gasteiger partial charge in [-0.15, -0.1) is 5.10 Å². The number of rotatable bonds is 3. The molecule has 1 atom stereocenters. The van der Waals surface area contributed by atoms with Crippen molar-refractivity contribution in [2.45, 2.75) is 18.6 Å². The third kappa shape index (κ3) is 2.71. The van der Waals surface area contributed by atoms with Crippen LogP contribution >= 0.6 is 23.2 Å². The SMILES string of the molecule is Cn1c(C(=O)N2CCC(O)(Cn3ccnn3)C2)cc(Cl)c1Cl. The molecule has 0 saturated carbocycles. The molecule has 1 saturated heterocycles. The fourth-order valence-corrected chi connectivity index (χ4v) is 3.06. The molecule has 0 aliphatic carbocycles. The highest BCUT2D eigenvalue weighted by atomic mass is 35.5. The number of β-amino-alcohol motifs (C(OH)–C–C–N with tert-alkyl or cyclic N) is 1. The maximum absolute atomic E-state index is 12.6. The molecule has 0 bridgehead atoms. The van der Waals surface area contributed by atoms with E-state index in [9.17, 15) is 9.90 Å². The van der Waals surface area contributed by atoms with E-state index in [1.54, 1.807) is 39.7 Å². The Hall–Kier alpha value is -1.57. The summed E-state index contributed by atoms with van der Waals surface area (Å²) in [5, 5.41) is 18.8. The number of aliphatic hydroxyl groups is 1. The summed E-state index contributed by atoms with van der Waals surface area (Å²) >= 11 is 11.9. The van der Waals surface area contributed by atoms with Crippen molar-refractivity contribution in [1.29, 1.82) is 0 Å². The number of aromatic nitrogens is 4. The minimum Gasteiger partial charge on any atom is -0.386 e. The lowest BCUT2D eigenvalue weighted by atomic mass is 10.0. The van der Waals surface area contributed by atoms with Gasteiger partial charge in [0.05, 0.1) is 24.3 Å². The number of nitrogens with zero attached hydrogens (tertiary/aromatic N) is 5. The second-order valence-electron chi connectivity index (χ2n) is 5.53. The smallest absolute Gasteiger partial charge is 0.270 e. The molecule has 0 radical (unpaired) electrons. The summed E-state index contributed by atoms with van der Waals surface area (Å²) < 4.78 is 3.10. The molecule has 1 amide bonds. The first-order chi connectivity index (χ1) is 10.4. The van der Waals surface area contributed by atoms with Gasteiger partial charge in [-0.2, -0.15) is 0 Å². The molecular weight excluding hydrogens is 329 g/mol. The molecule has 3 rings (SSSR count). The van der Waals surface area contributed by atoms with Gasteiger partial charge in [-0.05, 0) is 12.5 Å². The van der Waals surface area contributed by atoms with Crippen LogP contribution in [0.5, 0.6) is 0 Å². The van der Waals surface area contributed by atoms with E-state index in [0.717, 1.165) is 0 Å². The lowest BCUT2D eigenvalue weighted by Crippen LogP contribution is -2.39. The lowest BCUT2D eigenvalue weighted by Gasteiger charge is -2.23. The monoisotopic (exact) mass is 343 g/mol. The first-order valence-electron chi connectivity index (χ1n) is 6.76. The number of amides is 1. The Morgan fingerprint density at radius 2 is 2.27 bits per heavy atom. The summed E-state index contributed by atoms with van der Waals surface area (Å²) in [5.74, 6) is -0.203. The predicted molar refractivity (Wildman–Crippen MR) is 80.9 cm³/mol. The average Bonchev–Trinajstić information content (AvgIpc) is 3.17. The van der Waals surface area contributed by atoms with Gasteiger partial charge in [0.25, 0.3) is 5.91 Å². The van der Waals surface area contributed by atoms with Crippen molar-refractivity contribution in [3.8, 4) is 0 Å². The van der Waals surface area contributed by atoms with Gasteiger partial charge in [0.15, 0.2) is 0 Å². The van der Waals surface area contributed by atoms with E-state index in [1.165, 1.54) is 0 Å². The molecule has 1 fully saturated rings. The van der Waals surface area contributed by atoms with Crippen LogP contribution in [-0.2, 0) is 13.6 Å². The summed E-state index contributed by atoms with van der Waals surface area (Å²) in [6.45, 7) is 0.988. The van der Waals surface area contributed by atoms with Gasteiger partial charge in [-0.3, -0.25) is 4.79 Å². The highest BCUT2D eigenvalue weighted by Gasteiger charge is 2.39.